The average Bonchev–Trinajstić information content (AvgIpc) is 2.43. The molecule has 3 rings (SSSR count). The van der Waals surface area contributed by atoms with Crippen molar-refractivity contribution >= 4 is 11.0 Å². The van der Waals surface area contributed by atoms with E-state index in [9.17, 15) is 0 Å². The van der Waals surface area contributed by atoms with E-state index in [-0.39, 0.29) is 0 Å². The first-order valence-corrected chi connectivity index (χ1v) is 4.92. The Bertz CT molecular complexity index is 390. The smallest absolute Gasteiger partial charge is 0.134 e. The van der Waals surface area contributed by atoms with E-state index < -0.39 is 0 Å². The van der Waals surface area contributed by atoms with Gasteiger partial charge in [-0.2, -0.15) is 0 Å². The van der Waals surface area contributed by atoms with Gasteiger partial charge in [0.15, 0.2) is 0 Å². The van der Waals surface area contributed by atoms with Gasteiger partial charge in [-0.15, -0.1) is 0 Å². The average molecular weight is 172 g/mol. The van der Waals surface area contributed by atoms with Crippen LogP contribution in [0.15, 0.2) is 34.7 Å². The second-order valence-corrected chi connectivity index (χ2v) is 3.81. The zero-order valence-corrected chi connectivity index (χ0v) is 7.49. The Morgan fingerprint density at radius 1 is 1.15 bits per heavy atom. The molecule has 1 saturated carbocycles. The summed E-state index contributed by atoms with van der Waals surface area (Å²) in [6, 6.07) is 10.4. The van der Waals surface area contributed by atoms with Crippen LogP contribution in [0.25, 0.3) is 11.0 Å². The van der Waals surface area contributed by atoms with Crippen LogP contribution in [0.2, 0.25) is 0 Å². The molecule has 2 aromatic rings. The summed E-state index contributed by atoms with van der Waals surface area (Å²) in [5.41, 5.74) is 1.03. The summed E-state index contributed by atoms with van der Waals surface area (Å²) >= 11 is 0. The Hall–Kier alpha value is -1.24. The number of rotatable bonds is 1. The molecule has 66 valence electrons. The molecule has 0 amide bonds. The van der Waals surface area contributed by atoms with Crippen molar-refractivity contribution in [1.29, 1.82) is 0 Å². The van der Waals surface area contributed by atoms with Gasteiger partial charge >= 0.3 is 0 Å². The maximum atomic E-state index is 5.77. The highest BCUT2D eigenvalue weighted by atomic mass is 16.3. The van der Waals surface area contributed by atoms with Crippen LogP contribution in [0.4, 0.5) is 0 Å². The van der Waals surface area contributed by atoms with Crippen molar-refractivity contribution < 1.29 is 4.42 Å². The molecule has 1 fully saturated rings. The van der Waals surface area contributed by atoms with Gasteiger partial charge in [0.1, 0.15) is 11.3 Å². The lowest BCUT2D eigenvalue weighted by Crippen LogP contribution is -2.06. The van der Waals surface area contributed by atoms with E-state index in [1.165, 1.54) is 30.4 Å². The first-order valence-electron chi connectivity index (χ1n) is 4.92. The number of benzene rings is 1. The highest BCUT2D eigenvalue weighted by Gasteiger charge is 2.22. The fourth-order valence-electron chi connectivity index (χ4n) is 1.90. The van der Waals surface area contributed by atoms with Crippen LogP contribution < -0.4 is 0 Å². The van der Waals surface area contributed by atoms with Crippen molar-refractivity contribution in [3.8, 4) is 0 Å². The fourth-order valence-corrected chi connectivity index (χ4v) is 1.90. The van der Waals surface area contributed by atoms with Crippen LogP contribution in [-0.2, 0) is 0 Å². The molecule has 0 unspecified atom stereocenters. The number of hydrogen-bond donors (Lipinski definition) is 0. The SMILES string of the molecule is c1ccc2oc(C3CCC3)cc2c1. The molecular formula is C12H12O. The van der Waals surface area contributed by atoms with Gasteiger partial charge in [0.25, 0.3) is 0 Å². The van der Waals surface area contributed by atoms with Crippen LogP contribution in [-0.4, -0.2) is 0 Å². The molecule has 1 aromatic heterocycles. The number of furan rings is 1. The lowest BCUT2D eigenvalue weighted by Gasteiger charge is -2.22. The molecule has 1 heteroatoms. The standard InChI is InChI=1S/C12H12O/c1-2-7-11-10(4-1)8-12(13-11)9-5-3-6-9/h1-2,4,7-9H,3,5-6H2. The highest BCUT2D eigenvalue weighted by molar-refractivity contribution is 5.77. The van der Waals surface area contributed by atoms with Crippen molar-refractivity contribution in [2.45, 2.75) is 25.2 Å². The molecule has 1 aliphatic carbocycles. The molecule has 13 heavy (non-hydrogen) atoms. The van der Waals surface area contributed by atoms with Gasteiger partial charge in [-0.05, 0) is 25.0 Å². The second kappa shape index (κ2) is 2.63. The van der Waals surface area contributed by atoms with Crippen molar-refractivity contribution in [3.05, 3.63) is 36.1 Å². The van der Waals surface area contributed by atoms with Gasteiger partial charge in [0.05, 0.1) is 0 Å². The highest BCUT2D eigenvalue weighted by Crippen LogP contribution is 2.38. The lowest BCUT2D eigenvalue weighted by molar-refractivity contribution is 0.356. The minimum Gasteiger partial charge on any atom is -0.461 e. The van der Waals surface area contributed by atoms with Gasteiger partial charge in [-0.25, -0.2) is 0 Å². The second-order valence-electron chi connectivity index (χ2n) is 3.81. The van der Waals surface area contributed by atoms with Gasteiger partial charge in [0, 0.05) is 11.3 Å². The molecule has 1 aromatic carbocycles. The van der Waals surface area contributed by atoms with Gasteiger partial charge in [-0.3, -0.25) is 0 Å². The molecule has 1 nitrogen and oxygen atoms in total. The topological polar surface area (TPSA) is 13.1 Å². The summed E-state index contributed by atoms with van der Waals surface area (Å²) in [5.74, 6) is 1.89. The molecule has 0 spiro atoms. The summed E-state index contributed by atoms with van der Waals surface area (Å²) in [6.45, 7) is 0. The van der Waals surface area contributed by atoms with E-state index in [0.29, 0.717) is 5.92 Å². The Balaban J connectivity index is 2.10. The number of para-hydroxylation sites is 1. The van der Waals surface area contributed by atoms with E-state index in [2.05, 4.69) is 18.2 Å². The zero-order chi connectivity index (χ0) is 8.67. The minimum atomic E-state index is 0.701. The maximum Gasteiger partial charge on any atom is 0.134 e. The number of hydrogen-bond acceptors (Lipinski definition) is 1. The molecule has 1 heterocycles. The van der Waals surface area contributed by atoms with Crippen LogP contribution in [0, 0.1) is 0 Å². The third kappa shape index (κ3) is 1.07. The zero-order valence-electron chi connectivity index (χ0n) is 7.49. The van der Waals surface area contributed by atoms with Crippen molar-refractivity contribution in [2.24, 2.45) is 0 Å². The van der Waals surface area contributed by atoms with E-state index in [4.69, 9.17) is 4.42 Å². The minimum absolute atomic E-state index is 0.701. The molecule has 0 bridgehead atoms. The molecule has 1 aliphatic rings. The Morgan fingerprint density at radius 3 is 2.69 bits per heavy atom. The predicted molar refractivity (Wildman–Crippen MR) is 52.8 cm³/mol. The molecule has 0 radical (unpaired) electrons. The Labute approximate surface area is 77.4 Å². The fraction of sp³-hybridized carbons (Fsp3) is 0.333. The van der Waals surface area contributed by atoms with E-state index >= 15 is 0 Å². The Kier molecular flexibility index (Phi) is 1.45. The quantitative estimate of drug-likeness (QED) is 0.639. The number of fused-ring (bicyclic) bond motifs is 1. The molecule has 0 atom stereocenters. The van der Waals surface area contributed by atoms with Crippen molar-refractivity contribution in [2.75, 3.05) is 0 Å². The summed E-state index contributed by atoms with van der Waals surface area (Å²) in [7, 11) is 0. The van der Waals surface area contributed by atoms with Crippen LogP contribution in [0.5, 0.6) is 0 Å². The first-order chi connectivity index (χ1) is 6.43. The summed E-state index contributed by atoms with van der Waals surface area (Å²) in [4.78, 5) is 0. The van der Waals surface area contributed by atoms with Gasteiger partial charge in [0.2, 0.25) is 0 Å². The molecule has 0 aliphatic heterocycles. The van der Waals surface area contributed by atoms with Gasteiger partial charge in [-0.1, -0.05) is 24.6 Å². The van der Waals surface area contributed by atoms with E-state index in [0.717, 1.165) is 5.58 Å². The first kappa shape index (κ1) is 7.19. The third-order valence-corrected chi connectivity index (χ3v) is 2.95. The molecule has 0 N–H and O–H groups in total. The summed E-state index contributed by atoms with van der Waals surface area (Å²) in [6.07, 6.45) is 3.97. The van der Waals surface area contributed by atoms with Crippen LogP contribution in [0.1, 0.15) is 30.9 Å². The van der Waals surface area contributed by atoms with E-state index in [1.54, 1.807) is 0 Å². The van der Waals surface area contributed by atoms with Gasteiger partial charge < -0.3 is 4.42 Å². The van der Waals surface area contributed by atoms with E-state index in [1.807, 2.05) is 12.1 Å². The monoisotopic (exact) mass is 172 g/mol. The summed E-state index contributed by atoms with van der Waals surface area (Å²) in [5, 5.41) is 1.24. The predicted octanol–water partition coefficient (Wildman–Crippen LogP) is 3.70. The normalized spacial score (nSPS) is 17.5. The Morgan fingerprint density at radius 2 is 2.00 bits per heavy atom. The molecular weight excluding hydrogens is 160 g/mol. The van der Waals surface area contributed by atoms with Crippen LogP contribution in [0.3, 0.4) is 0 Å². The largest absolute Gasteiger partial charge is 0.461 e. The summed E-state index contributed by atoms with van der Waals surface area (Å²) < 4.78 is 5.77. The van der Waals surface area contributed by atoms with Crippen molar-refractivity contribution in [3.63, 3.8) is 0 Å². The third-order valence-electron chi connectivity index (χ3n) is 2.95. The van der Waals surface area contributed by atoms with Crippen LogP contribution >= 0.6 is 0 Å². The lowest BCUT2D eigenvalue weighted by atomic mass is 9.83. The van der Waals surface area contributed by atoms with Crippen molar-refractivity contribution in [1.82, 2.24) is 0 Å². The maximum absolute atomic E-state index is 5.77. The molecule has 0 saturated heterocycles.